The molecule has 0 saturated carbocycles. The van der Waals surface area contributed by atoms with Gasteiger partial charge in [0.05, 0.1) is 0 Å². The van der Waals surface area contributed by atoms with Crippen LogP contribution in [0, 0.1) is 0 Å². The molecule has 25 heavy (non-hydrogen) atoms. The summed E-state index contributed by atoms with van der Waals surface area (Å²) in [6.07, 6.45) is 0. The molecule has 0 aliphatic carbocycles. The molecular formula is C16H15ClN2O5S. The lowest BCUT2D eigenvalue weighted by atomic mass is 10.2. The number of sulfonamides is 1. The molecule has 0 unspecified atom stereocenters. The predicted octanol–water partition coefficient (Wildman–Crippen LogP) is 1.81. The third-order valence-electron chi connectivity index (χ3n) is 3.92. The van der Waals surface area contributed by atoms with Gasteiger partial charge in [0, 0.05) is 31.7 Å². The molecule has 1 aliphatic heterocycles. The van der Waals surface area contributed by atoms with Crippen LogP contribution in [0.5, 0.6) is 0 Å². The molecule has 1 saturated heterocycles. The van der Waals surface area contributed by atoms with Crippen molar-refractivity contribution in [2.24, 2.45) is 0 Å². The van der Waals surface area contributed by atoms with Crippen molar-refractivity contribution in [2.45, 2.75) is 5.09 Å². The Balaban J connectivity index is 1.69. The Labute approximate surface area is 149 Å². The SMILES string of the molecule is O=C(Cl)c1ccc(S(=O)(=O)N2CCN(C(=O)c3ccccc3)CC2)o1. The fourth-order valence-electron chi connectivity index (χ4n) is 2.59. The molecule has 0 radical (unpaired) electrons. The van der Waals surface area contributed by atoms with E-state index in [1.165, 1.54) is 16.4 Å². The molecule has 1 aromatic heterocycles. The first-order valence-electron chi connectivity index (χ1n) is 7.54. The average molecular weight is 383 g/mol. The second-order valence-corrected chi connectivity index (χ2v) is 7.67. The molecule has 2 heterocycles. The summed E-state index contributed by atoms with van der Waals surface area (Å²) in [5.41, 5.74) is 0.565. The highest BCUT2D eigenvalue weighted by atomic mass is 35.5. The van der Waals surface area contributed by atoms with Crippen molar-refractivity contribution < 1.29 is 22.4 Å². The molecule has 1 amide bonds. The first-order chi connectivity index (χ1) is 11.9. The largest absolute Gasteiger partial charge is 0.439 e. The summed E-state index contributed by atoms with van der Waals surface area (Å²) in [6, 6.07) is 11.2. The van der Waals surface area contributed by atoms with E-state index in [0.717, 1.165) is 0 Å². The predicted molar refractivity (Wildman–Crippen MR) is 90.0 cm³/mol. The normalized spacial score (nSPS) is 16.0. The van der Waals surface area contributed by atoms with E-state index in [2.05, 4.69) is 0 Å². The summed E-state index contributed by atoms with van der Waals surface area (Å²) in [7, 11) is -3.87. The van der Waals surface area contributed by atoms with Crippen LogP contribution in [0.2, 0.25) is 0 Å². The zero-order valence-electron chi connectivity index (χ0n) is 13.1. The lowest BCUT2D eigenvalue weighted by Crippen LogP contribution is -2.50. The number of rotatable bonds is 4. The summed E-state index contributed by atoms with van der Waals surface area (Å²) in [4.78, 5) is 25.0. The van der Waals surface area contributed by atoms with E-state index in [1.807, 2.05) is 6.07 Å². The minimum atomic E-state index is -3.87. The van der Waals surface area contributed by atoms with Crippen molar-refractivity contribution in [3.63, 3.8) is 0 Å². The fraction of sp³-hybridized carbons (Fsp3) is 0.250. The molecule has 132 valence electrons. The Morgan fingerprint density at radius 3 is 2.16 bits per heavy atom. The van der Waals surface area contributed by atoms with Gasteiger partial charge >= 0.3 is 0 Å². The van der Waals surface area contributed by atoms with Gasteiger partial charge in [0.15, 0.2) is 5.76 Å². The van der Waals surface area contributed by atoms with Gasteiger partial charge < -0.3 is 9.32 Å². The standard InChI is InChI=1S/C16H15ClN2O5S/c17-15(20)13-6-7-14(24-13)25(22,23)19-10-8-18(9-11-19)16(21)12-4-2-1-3-5-12/h1-7H,8-11H2. The minimum absolute atomic E-state index is 0.134. The minimum Gasteiger partial charge on any atom is -0.439 e. The summed E-state index contributed by atoms with van der Waals surface area (Å²) in [6.45, 7) is 0.835. The van der Waals surface area contributed by atoms with Gasteiger partial charge in [-0.3, -0.25) is 9.59 Å². The van der Waals surface area contributed by atoms with E-state index in [9.17, 15) is 18.0 Å². The second kappa shape index (κ2) is 6.99. The summed E-state index contributed by atoms with van der Waals surface area (Å²) in [5, 5.41) is -1.20. The number of hydrogen-bond donors (Lipinski definition) is 0. The van der Waals surface area contributed by atoms with Gasteiger partial charge in [0.1, 0.15) is 0 Å². The quantitative estimate of drug-likeness (QED) is 0.752. The van der Waals surface area contributed by atoms with Crippen molar-refractivity contribution in [3.8, 4) is 0 Å². The van der Waals surface area contributed by atoms with Crippen LogP contribution in [0.25, 0.3) is 0 Å². The first kappa shape index (κ1) is 17.7. The van der Waals surface area contributed by atoms with Crippen LogP contribution >= 0.6 is 11.6 Å². The molecule has 0 bridgehead atoms. The number of carbonyl (C=O) groups is 2. The van der Waals surface area contributed by atoms with E-state index in [-0.39, 0.29) is 42.9 Å². The van der Waals surface area contributed by atoms with Crippen molar-refractivity contribution >= 4 is 32.8 Å². The van der Waals surface area contributed by atoms with Gasteiger partial charge in [-0.1, -0.05) is 18.2 Å². The topological polar surface area (TPSA) is 87.9 Å². The molecule has 7 nitrogen and oxygen atoms in total. The number of carbonyl (C=O) groups excluding carboxylic acids is 2. The number of amides is 1. The molecular weight excluding hydrogens is 368 g/mol. The molecule has 0 N–H and O–H groups in total. The maximum absolute atomic E-state index is 12.5. The van der Waals surface area contributed by atoms with Gasteiger partial charge in [-0.25, -0.2) is 8.42 Å². The highest BCUT2D eigenvalue weighted by Crippen LogP contribution is 2.21. The van der Waals surface area contributed by atoms with Crippen LogP contribution in [0.1, 0.15) is 20.9 Å². The smallest absolute Gasteiger partial charge is 0.287 e. The number of hydrogen-bond acceptors (Lipinski definition) is 5. The van der Waals surface area contributed by atoms with Crippen LogP contribution in [-0.2, 0) is 10.0 Å². The molecule has 1 aliphatic rings. The van der Waals surface area contributed by atoms with Crippen LogP contribution < -0.4 is 0 Å². The first-order valence-corrected chi connectivity index (χ1v) is 9.35. The van der Waals surface area contributed by atoms with E-state index in [0.29, 0.717) is 5.56 Å². The van der Waals surface area contributed by atoms with Crippen molar-refractivity contribution in [2.75, 3.05) is 26.2 Å². The average Bonchev–Trinajstić information content (AvgIpc) is 3.13. The number of benzene rings is 1. The summed E-state index contributed by atoms with van der Waals surface area (Å²) < 4.78 is 31.3. The van der Waals surface area contributed by atoms with E-state index >= 15 is 0 Å². The molecule has 9 heteroatoms. The Bertz CT molecular complexity index is 886. The maximum Gasteiger partial charge on any atom is 0.287 e. The van der Waals surface area contributed by atoms with Gasteiger partial charge in [-0.15, -0.1) is 0 Å². The lowest BCUT2D eigenvalue weighted by Gasteiger charge is -2.33. The van der Waals surface area contributed by atoms with Crippen molar-refractivity contribution in [1.82, 2.24) is 9.21 Å². The zero-order valence-corrected chi connectivity index (χ0v) is 14.7. The van der Waals surface area contributed by atoms with Crippen LogP contribution in [0.4, 0.5) is 0 Å². The third kappa shape index (κ3) is 3.60. The maximum atomic E-state index is 12.5. The second-order valence-electron chi connectivity index (χ2n) is 5.45. The highest BCUT2D eigenvalue weighted by Gasteiger charge is 2.32. The number of halogens is 1. The summed E-state index contributed by atoms with van der Waals surface area (Å²) in [5.74, 6) is -0.358. The van der Waals surface area contributed by atoms with Gasteiger partial charge in [-0.2, -0.15) is 4.31 Å². The molecule has 2 aromatic rings. The number of nitrogens with zero attached hydrogens (tertiary/aromatic N) is 2. The Kier molecular flexibility index (Phi) is 4.94. The fourth-order valence-corrected chi connectivity index (χ4v) is 4.02. The molecule has 0 spiro atoms. The zero-order chi connectivity index (χ0) is 18.0. The third-order valence-corrected chi connectivity index (χ3v) is 5.87. The van der Waals surface area contributed by atoms with E-state index < -0.39 is 15.3 Å². The van der Waals surface area contributed by atoms with Crippen molar-refractivity contribution in [3.05, 3.63) is 53.8 Å². The van der Waals surface area contributed by atoms with E-state index in [1.54, 1.807) is 29.2 Å². The van der Waals surface area contributed by atoms with Gasteiger partial charge in [0.2, 0.25) is 5.09 Å². The molecule has 1 aromatic carbocycles. The van der Waals surface area contributed by atoms with Crippen LogP contribution in [0.15, 0.2) is 52.0 Å². The molecule has 0 atom stereocenters. The lowest BCUT2D eigenvalue weighted by molar-refractivity contribution is 0.0697. The van der Waals surface area contributed by atoms with Gasteiger partial charge in [0.25, 0.3) is 21.2 Å². The molecule has 3 rings (SSSR count). The number of furan rings is 1. The monoisotopic (exact) mass is 382 g/mol. The van der Waals surface area contributed by atoms with Crippen LogP contribution in [-0.4, -0.2) is 55.0 Å². The van der Waals surface area contributed by atoms with Crippen LogP contribution in [0.3, 0.4) is 0 Å². The molecule has 1 fully saturated rings. The van der Waals surface area contributed by atoms with E-state index in [4.69, 9.17) is 16.0 Å². The Morgan fingerprint density at radius 2 is 1.60 bits per heavy atom. The Hall–Kier alpha value is -2.16. The van der Waals surface area contributed by atoms with Crippen molar-refractivity contribution in [1.29, 1.82) is 0 Å². The summed E-state index contributed by atoms with van der Waals surface area (Å²) >= 11 is 5.28. The Morgan fingerprint density at radius 1 is 0.960 bits per heavy atom. The number of piperazine rings is 1. The van der Waals surface area contributed by atoms with Gasteiger partial charge in [-0.05, 0) is 35.9 Å². The highest BCUT2D eigenvalue weighted by molar-refractivity contribution is 7.89.